The van der Waals surface area contributed by atoms with Gasteiger partial charge in [0.05, 0.1) is 30.7 Å². The Bertz CT molecular complexity index is 708. The molecule has 3 rings (SSSR count). The minimum atomic E-state index is -0.327. The molecule has 7 heteroatoms. The Labute approximate surface area is 139 Å². The second kappa shape index (κ2) is 7.35. The molecule has 1 amide bonds. The van der Waals surface area contributed by atoms with Crippen LogP contribution in [0.2, 0.25) is 0 Å². The van der Waals surface area contributed by atoms with E-state index in [1.807, 2.05) is 4.90 Å². The van der Waals surface area contributed by atoms with Crippen LogP contribution in [0.3, 0.4) is 0 Å². The molecule has 0 bridgehead atoms. The van der Waals surface area contributed by atoms with Gasteiger partial charge >= 0.3 is 0 Å². The number of likely N-dealkylation sites (N-methyl/N-ethyl adjacent to an activating group) is 1. The lowest BCUT2D eigenvalue weighted by molar-refractivity contribution is -0.131. The summed E-state index contributed by atoms with van der Waals surface area (Å²) in [5, 5.41) is 2.88. The zero-order valence-corrected chi connectivity index (χ0v) is 13.4. The number of nitrogens with one attached hydrogen (secondary N) is 1. The first-order chi connectivity index (χ1) is 11.7. The van der Waals surface area contributed by atoms with Gasteiger partial charge in [-0.15, -0.1) is 0 Å². The predicted octanol–water partition coefficient (Wildman–Crippen LogP) is 2.29. The highest BCUT2D eigenvalue weighted by Gasteiger charge is 2.30. The van der Waals surface area contributed by atoms with Gasteiger partial charge in [-0.3, -0.25) is 9.78 Å². The summed E-state index contributed by atoms with van der Waals surface area (Å²) in [6, 6.07) is 5.61. The Morgan fingerprint density at radius 3 is 2.92 bits per heavy atom. The lowest BCUT2D eigenvalue weighted by Gasteiger charge is -2.24. The van der Waals surface area contributed by atoms with E-state index in [0.717, 1.165) is 19.4 Å². The number of amides is 1. The molecular formula is C17H19FN4O2. The van der Waals surface area contributed by atoms with Crippen molar-refractivity contribution in [3.63, 3.8) is 0 Å². The van der Waals surface area contributed by atoms with Gasteiger partial charge in [-0.1, -0.05) is 0 Å². The van der Waals surface area contributed by atoms with Gasteiger partial charge in [0.15, 0.2) is 0 Å². The third-order valence-corrected chi connectivity index (χ3v) is 3.91. The minimum absolute atomic E-state index is 0.0478. The van der Waals surface area contributed by atoms with Crippen LogP contribution in [0.1, 0.15) is 24.6 Å². The van der Waals surface area contributed by atoms with Crippen LogP contribution >= 0.6 is 0 Å². The standard InChI is InChI=1S/C17H19FN4O2/c1-19-11-17(23)22-8-2-3-15(22)14-9-20-10-16(21-14)24-13-6-4-12(18)5-7-13/h4-7,9-10,15,19H,2-3,8,11H2,1H3. The summed E-state index contributed by atoms with van der Waals surface area (Å²) in [7, 11) is 1.75. The maximum Gasteiger partial charge on any atom is 0.238 e. The molecule has 1 unspecified atom stereocenters. The van der Waals surface area contributed by atoms with Gasteiger partial charge in [-0.25, -0.2) is 9.37 Å². The number of aromatic nitrogens is 2. The van der Waals surface area contributed by atoms with E-state index < -0.39 is 0 Å². The van der Waals surface area contributed by atoms with E-state index in [2.05, 4.69) is 15.3 Å². The molecule has 0 saturated carbocycles. The summed E-state index contributed by atoms with van der Waals surface area (Å²) in [5.41, 5.74) is 0.705. The van der Waals surface area contributed by atoms with E-state index in [0.29, 0.717) is 23.9 Å². The monoisotopic (exact) mass is 330 g/mol. The summed E-state index contributed by atoms with van der Waals surface area (Å²) in [6.45, 7) is 1.02. The summed E-state index contributed by atoms with van der Waals surface area (Å²) in [5.74, 6) is 0.530. The molecule has 2 heterocycles. The highest BCUT2D eigenvalue weighted by Crippen LogP contribution is 2.31. The van der Waals surface area contributed by atoms with E-state index in [-0.39, 0.29) is 17.8 Å². The first kappa shape index (κ1) is 16.3. The second-order valence-electron chi connectivity index (χ2n) is 5.61. The van der Waals surface area contributed by atoms with Crippen molar-refractivity contribution >= 4 is 5.91 Å². The topological polar surface area (TPSA) is 67.4 Å². The number of carbonyl (C=O) groups excluding carboxylic acids is 1. The first-order valence-corrected chi connectivity index (χ1v) is 7.87. The van der Waals surface area contributed by atoms with E-state index in [9.17, 15) is 9.18 Å². The van der Waals surface area contributed by atoms with Crippen molar-refractivity contribution in [1.29, 1.82) is 0 Å². The smallest absolute Gasteiger partial charge is 0.238 e. The van der Waals surface area contributed by atoms with Crippen molar-refractivity contribution in [3.05, 3.63) is 48.2 Å². The summed E-state index contributed by atoms with van der Waals surface area (Å²) < 4.78 is 18.6. The number of ether oxygens (including phenoxy) is 1. The molecule has 1 aromatic heterocycles. The number of rotatable bonds is 5. The summed E-state index contributed by atoms with van der Waals surface area (Å²) >= 11 is 0. The average Bonchev–Trinajstić information content (AvgIpc) is 3.07. The number of likely N-dealkylation sites (tertiary alicyclic amines) is 1. The quantitative estimate of drug-likeness (QED) is 0.911. The van der Waals surface area contributed by atoms with Gasteiger partial charge in [0.25, 0.3) is 0 Å². The van der Waals surface area contributed by atoms with Gasteiger partial charge in [-0.05, 0) is 44.2 Å². The molecule has 0 aliphatic carbocycles. The maximum absolute atomic E-state index is 12.9. The first-order valence-electron chi connectivity index (χ1n) is 7.87. The molecule has 1 atom stereocenters. The molecular weight excluding hydrogens is 311 g/mol. The van der Waals surface area contributed by atoms with Gasteiger partial charge in [0, 0.05) is 6.54 Å². The number of benzene rings is 1. The molecule has 1 aliphatic rings. The van der Waals surface area contributed by atoms with Crippen molar-refractivity contribution in [2.75, 3.05) is 20.1 Å². The zero-order chi connectivity index (χ0) is 16.9. The van der Waals surface area contributed by atoms with Crippen LogP contribution in [-0.4, -0.2) is 40.9 Å². The molecule has 1 saturated heterocycles. The third kappa shape index (κ3) is 3.68. The molecule has 0 spiro atoms. The van der Waals surface area contributed by atoms with Crippen molar-refractivity contribution in [2.45, 2.75) is 18.9 Å². The van der Waals surface area contributed by atoms with Crippen LogP contribution in [0.15, 0.2) is 36.7 Å². The van der Waals surface area contributed by atoms with E-state index >= 15 is 0 Å². The summed E-state index contributed by atoms with van der Waals surface area (Å²) in [4.78, 5) is 22.6. The van der Waals surface area contributed by atoms with Crippen LogP contribution in [0.4, 0.5) is 4.39 Å². The Hall–Kier alpha value is -2.54. The molecule has 1 aliphatic heterocycles. The Balaban J connectivity index is 1.77. The highest BCUT2D eigenvalue weighted by molar-refractivity contribution is 5.79. The average molecular weight is 330 g/mol. The normalized spacial score (nSPS) is 17.1. The van der Waals surface area contributed by atoms with Gasteiger partial charge < -0.3 is 15.0 Å². The molecule has 6 nitrogen and oxygen atoms in total. The third-order valence-electron chi connectivity index (χ3n) is 3.91. The van der Waals surface area contributed by atoms with Crippen molar-refractivity contribution in [3.8, 4) is 11.6 Å². The molecule has 24 heavy (non-hydrogen) atoms. The van der Waals surface area contributed by atoms with Crippen molar-refractivity contribution < 1.29 is 13.9 Å². The number of carbonyl (C=O) groups is 1. The zero-order valence-electron chi connectivity index (χ0n) is 13.4. The van der Waals surface area contributed by atoms with Gasteiger partial charge in [0.2, 0.25) is 11.8 Å². The SMILES string of the molecule is CNCC(=O)N1CCCC1c1cncc(Oc2ccc(F)cc2)n1. The van der Waals surface area contributed by atoms with Gasteiger partial charge in [0.1, 0.15) is 11.6 Å². The van der Waals surface area contributed by atoms with E-state index in [1.54, 1.807) is 13.2 Å². The predicted molar refractivity (Wildman–Crippen MR) is 86.1 cm³/mol. The molecule has 2 aromatic rings. The van der Waals surface area contributed by atoms with Crippen LogP contribution in [0.25, 0.3) is 0 Å². The lowest BCUT2D eigenvalue weighted by Crippen LogP contribution is -2.36. The van der Waals surface area contributed by atoms with E-state index in [1.165, 1.54) is 30.5 Å². The number of halogens is 1. The molecule has 1 aromatic carbocycles. The fourth-order valence-corrected chi connectivity index (χ4v) is 2.82. The van der Waals surface area contributed by atoms with E-state index in [4.69, 9.17) is 4.74 Å². The fraction of sp³-hybridized carbons (Fsp3) is 0.353. The number of hydrogen-bond donors (Lipinski definition) is 1. The molecule has 126 valence electrons. The van der Waals surface area contributed by atoms with Crippen LogP contribution in [0, 0.1) is 5.82 Å². The lowest BCUT2D eigenvalue weighted by atomic mass is 10.1. The number of hydrogen-bond acceptors (Lipinski definition) is 5. The van der Waals surface area contributed by atoms with Crippen LogP contribution in [-0.2, 0) is 4.79 Å². The maximum atomic E-state index is 12.9. The summed E-state index contributed by atoms with van der Waals surface area (Å²) in [6.07, 6.45) is 4.95. The number of nitrogens with zero attached hydrogens (tertiary/aromatic N) is 3. The van der Waals surface area contributed by atoms with Crippen LogP contribution in [0.5, 0.6) is 11.6 Å². The Morgan fingerprint density at radius 1 is 1.38 bits per heavy atom. The van der Waals surface area contributed by atoms with Crippen molar-refractivity contribution in [1.82, 2.24) is 20.2 Å². The minimum Gasteiger partial charge on any atom is -0.437 e. The largest absolute Gasteiger partial charge is 0.437 e. The second-order valence-corrected chi connectivity index (χ2v) is 5.61. The van der Waals surface area contributed by atoms with Gasteiger partial charge in [-0.2, -0.15) is 0 Å². The Morgan fingerprint density at radius 2 is 2.17 bits per heavy atom. The van der Waals surface area contributed by atoms with Crippen LogP contribution < -0.4 is 10.1 Å². The Kier molecular flexibility index (Phi) is 5.00. The highest BCUT2D eigenvalue weighted by atomic mass is 19.1. The molecule has 1 N–H and O–H groups in total. The molecule has 1 fully saturated rings. The van der Waals surface area contributed by atoms with Crippen molar-refractivity contribution in [2.24, 2.45) is 0 Å². The molecule has 0 radical (unpaired) electrons. The fourth-order valence-electron chi connectivity index (χ4n) is 2.82.